The van der Waals surface area contributed by atoms with E-state index in [2.05, 4.69) is 17.7 Å². The van der Waals surface area contributed by atoms with E-state index in [-0.39, 0.29) is 11.4 Å². The molecule has 0 aromatic heterocycles. The summed E-state index contributed by atoms with van der Waals surface area (Å²) in [4.78, 5) is 0. The second-order valence-electron chi connectivity index (χ2n) is 5.60. The SMILES string of the molecule is Cc1cc(Cl)ccc1N1NN2C(=C1O)CCc1ccccc12.O. The van der Waals surface area contributed by atoms with Crippen LogP contribution >= 0.6 is 11.6 Å². The van der Waals surface area contributed by atoms with E-state index in [1.54, 1.807) is 5.01 Å². The fraction of sp³-hybridized carbons (Fsp3) is 0.176. The number of benzene rings is 2. The molecule has 0 radical (unpaired) electrons. The monoisotopic (exact) mass is 331 g/mol. The van der Waals surface area contributed by atoms with Crippen LogP contribution in [0.2, 0.25) is 5.02 Å². The van der Waals surface area contributed by atoms with Crippen molar-refractivity contribution < 1.29 is 10.6 Å². The molecule has 2 aromatic rings. The fourth-order valence-corrected chi connectivity index (χ4v) is 3.32. The summed E-state index contributed by atoms with van der Waals surface area (Å²) < 4.78 is 0. The first-order valence-electron chi connectivity index (χ1n) is 7.28. The van der Waals surface area contributed by atoms with Gasteiger partial charge in [0.25, 0.3) is 0 Å². The molecule has 5 nitrogen and oxygen atoms in total. The van der Waals surface area contributed by atoms with Gasteiger partial charge in [-0.05, 0) is 55.2 Å². The quantitative estimate of drug-likeness (QED) is 0.841. The molecule has 0 spiro atoms. The third-order valence-corrected chi connectivity index (χ3v) is 4.44. The number of nitrogens with one attached hydrogen (secondary N) is 1. The predicted octanol–water partition coefficient (Wildman–Crippen LogP) is 3.24. The molecule has 4 N–H and O–H groups in total. The molecule has 0 bridgehead atoms. The van der Waals surface area contributed by atoms with Crippen LogP contribution < -0.4 is 15.6 Å². The summed E-state index contributed by atoms with van der Waals surface area (Å²) in [5.41, 5.74) is 8.43. The number of fused-ring (bicyclic) bond motifs is 3. The maximum Gasteiger partial charge on any atom is 0.229 e. The minimum atomic E-state index is 0. The summed E-state index contributed by atoms with van der Waals surface area (Å²) in [6.07, 6.45) is 1.74. The molecule has 0 unspecified atom stereocenters. The lowest BCUT2D eigenvalue weighted by Crippen LogP contribution is -2.43. The van der Waals surface area contributed by atoms with E-state index in [0.717, 1.165) is 35.5 Å². The number of para-hydroxylation sites is 1. The van der Waals surface area contributed by atoms with E-state index in [9.17, 15) is 5.11 Å². The van der Waals surface area contributed by atoms with E-state index in [0.29, 0.717) is 5.02 Å². The van der Waals surface area contributed by atoms with Crippen LogP contribution in [0.15, 0.2) is 54.0 Å². The number of rotatable bonds is 1. The molecule has 0 atom stereocenters. The summed E-state index contributed by atoms with van der Waals surface area (Å²) >= 11 is 6.03. The highest BCUT2D eigenvalue weighted by Crippen LogP contribution is 2.38. The third kappa shape index (κ3) is 2.43. The summed E-state index contributed by atoms with van der Waals surface area (Å²) in [6.45, 7) is 1.98. The molecule has 0 saturated carbocycles. The minimum Gasteiger partial charge on any atom is -0.492 e. The molecular formula is C17H18ClN3O2. The lowest BCUT2D eigenvalue weighted by Gasteiger charge is -2.29. The zero-order valence-corrected chi connectivity index (χ0v) is 13.4. The van der Waals surface area contributed by atoms with Crippen LogP contribution in [0.25, 0.3) is 0 Å². The van der Waals surface area contributed by atoms with Crippen molar-refractivity contribution in [3.8, 4) is 0 Å². The minimum absolute atomic E-state index is 0. The molecule has 2 aliphatic rings. The number of aryl methyl sites for hydroxylation is 2. The Hall–Kier alpha value is -2.21. The van der Waals surface area contributed by atoms with E-state index < -0.39 is 0 Å². The zero-order valence-electron chi connectivity index (χ0n) is 12.7. The van der Waals surface area contributed by atoms with Gasteiger partial charge >= 0.3 is 0 Å². The Balaban J connectivity index is 0.00000156. The number of aliphatic hydroxyl groups excluding tert-OH is 1. The molecule has 0 amide bonds. The van der Waals surface area contributed by atoms with E-state index >= 15 is 0 Å². The molecule has 2 aliphatic heterocycles. The lowest BCUT2D eigenvalue weighted by atomic mass is 10.0. The highest BCUT2D eigenvalue weighted by Gasteiger charge is 2.34. The number of nitrogens with zero attached hydrogens (tertiary/aromatic N) is 2. The van der Waals surface area contributed by atoms with Crippen LogP contribution in [0, 0.1) is 6.92 Å². The van der Waals surface area contributed by atoms with Gasteiger partial charge < -0.3 is 10.6 Å². The first-order chi connectivity index (χ1) is 10.6. The molecule has 0 saturated heterocycles. The molecule has 4 rings (SSSR count). The Bertz CT molecular complexity index is 791. The Morgan fingerprint density at radius 1 is 1.04 bits per heavy atom. The lowest BCUT2D eigenvalue weighted by molar-refractivity contribution is 0.386. The highest BCUT2D eigenvalue weighted by molar-refractivity contribution is 6.30. The van der Waals surface area contributed by atoms with Crippen LogP contribution in [0.1, 0.15) is 17.5 Å². The Morgan fingerprint density at radius 3 is 2.61 bits per heavy atom. The first-order valence-corrected chi connectivity index (χ1v) is 7.65. The number of hydrogen-bond donors (Lipinski definition) is 2. The smallest absolute Gasteiger partial charge is 0.229 e. The van der Waals surface area contributed by atoms with Crippen molar-refractivity contribution in [2.45, 2.75) is 19.8 Å². The van der Waals surface area contributed by atoms with Crippen molar-refractivity contribution in [1.82, 2.24) is 5.53 Å². The first kappa shape index (κ1) is 15.7. The Labute approximate surface area is 139 Å². The van der Waals surface area contributed by atoms with Crippen LogP contribution in [0.5, 0.6) is 0 Å². The Kier molecular flexibility index (Phi) is 3.93. The van der Waals surface area contributed by atoms with Crippen molar-refractivity contribution >= 4 is 23.0 Å². The summed E-state index contributed by atoms with van der Waals surface area (Å²) in [7, 11) is 0. The van der Waals surface area contributed by atoms with Gasteiger partial charge in [-0.1, -0.05) is 29.8 Å². The molecule has 23 heavy (non-hydrogen) atoms. The van der Waals surface area contributed by atoms with Gasteiger partial charge in [0.2, 0.25) is 5.88 Å². The largest absolute Gasteiger partial charge is 0.492 e. The van der Waals surface area contributed by atoms with Crippen LogP contribution in [-0.2, 0) is 6.42 Å². The van der Waals surface area contributed by atoms with Crippen LogP contribution in [0.3, 0.4) is 0 Å². The average molecular weight is 332 g/mol. The summed E-state index contributed by atoms with van der Waals surface area (Å²) in [6, 6.07) is 13.9. The van der Waals surface area contributed by atoms with Gasteiger partial charge in [0.15, 0.2) is 0 Å². The molecule has 2 heterocycles. The highest BCUT2D eigenvalue weighted by atomic mass is 35.5. The molecule has 120 valence electrons. The molecule has 6 heteroatoms. The van der Waals surface area contributed by atoms with Crippen molar-refractivity contribution in [2.75, 3.05) is 10.0 Å². The van der Waals surface area contributed by atoms with E-state index in [4.69, 9.17) is 11.6 Å². The van der Waals surface area contributed by atoms with Crippen molar-refractivity contribution in [2.24, 2.45) is 0 Å². The van der Waals surface area contributed by atoms with Crippen molar-refractivity contribution in [3.63, 3.8) is 0 Å². The van der Waals surface area contributed by atoms with E-state index in [1.165, 1.54) is 5.56 Å². The number of aliphatic hydroxyl groups is 1. The molecule has 0 aliphatic carbocycles. The van der Waals surface area contributed by atoms with Crippen LogP contribution in [-0.4, -0.2) is 10.6 Å². The maximum absolute atomic E-state index is 10.6. The van der Waals surface area contributed by atoms with Crippen LogP contribution in [0.4, 0.5) is 11.4 Å². The van der Waals surface area contributed by atoms with Gasteiger partial charge in [0, 0.05) is 5.02 Å². The number of anilines is 2. The van der Waals surface area contributed by atoms with Gasteiger partial charge in [-0.3, -0.25) is 5.01 Å². The number of hydrazine groups is 2. The maximum atomic E-state index is 10.6. The second-order valence-corrected chi connectivity index (χ2v) is 6.04. The second kappa shape index (κ2) is 5.77. The fourth-order valence-electron chi connectivity index (χ4n) is 3.09. The molecule has 2 aromatic carbocycles. The van der Waals surface area contributed by atoms with Crippen molar-refractivity contribution in [3.05, 3.63) is 70.2 Å². The van der Waals surface area contributed by atoms with Gasteiger partial charge in [0.05, 0.1) is 17.1 Å². The third-order valence-electron chi connectivity index (χ3n) is 4.20. The predicted molar refractivity (Wildman–Crippen MR) is 92.3 cm³/mol. The number of allylic oxidation sites excluding steroid dienone is 1. The van der Waals surface area contributed by atoms with Gasteiger partial charge in [0.1, 0.15) is 0 Å². The molecular weight excluding hydrogens is 314 g/mol. The molecule has 0 fully saturated rings. The summed E-state index contributed by atoms with van der Waals surface area (Å²) in [5.74, 6) is 0.250. The number of hydrogen-bond acceptors (Lipinski definition) is 4. The topological polar surface area (TPSA) is 70.2 Å². The van der Waals surface area contributed by atoms with Gasteiger partial charge in [-0.15, -0.1) is 5.53 Å². The Morgan fingerprint density at radius 2 is 1.83 bits per heavy atom. The zero-order chi connectivity index (χ0) is 15.3. The summed E-state index contributed by atoms with van der Waals surface area (Å²) in [5, 5.41) is 15.0. The van der Waals surface area contributed by atoms with E-state index in [1.807, 2.05) is 42.3 Å². The van der Waals surface area contributed by atoms with Gasteiger partial charge in [-0.2, -0.15) is 0 Å². The standard InChI is InChI=1S/C17H16ClN3O.H2O/c1-11-10-13(18)7-9-14(11)21-17(22)16-8-6-12-4-2-3-5-15(12)20(16)19-21;/h2-5,7,9-10,19,22H,6,8H2,1H3;1H2. The average Bonchev–Trinajstić information content (AvgIpc) is 2.85. The normalized spacial score (nSPS) is 16.1. The van der Waals surface area contributed by atoms with Gasteiger partial charge in [-0.25, -0.2) is 5.01 Å². The number of halogens is 1. The van der Waals surface area contributed by atoms with Crippen molar-refractivity contribution in [1.29, 1.82) is 0 Å².